The fourth-order valence-corrected chi connectivity index (χ4v) is 2.63. The summed E-state index contributed by atoms with van der Waals surface area (Å²) < 4.78 is 26.1. The minimum absolute atomic E-state index is 0.243. The number of hydrogen-bond donors (Lipinski definition) is 2. The fourth-order valence-electron chi connectivity index (χ4n) is 2.63. The number of nitrogens with zero attached hydrogens (tertiary/aromatic N) is 1. The van der Waals surface area contributed by atoms with Gasteiger partial charge in [-0.25, -0.2) is 5.43 Å². The average molecular weight is 431 g/mol. The Morgan fingerprint density at radius 2 is 1.52 bits per heavy atom. The monoisotopic (exact) mass is 431 g/mol. The van der Waals surface area contributed by atoms with Crippen molar-refractivity contribution in [3.05, 3.63) is 41.5 Å². The highest BCUT2D eigenvalue weighted by molar-refractivity contribution is 5.97. The van der Waals surface area contributed by atoms with Crippen LogP contribution in [0.5, 0.6) is 28.7 Å². The molecule has 0 aliphatic rings. The first-order valence-electron chi connectivity index (χ1n) is 9.09. The lowest BCUT2D eigenvalue weighted by atomic mass is 10.1. The molecule has 0 radical (unpaired) electrons. The number of hydrazone groups is 1. The number of hydrogen-bond acceptors (Lipinski definition) is 8. The number of carbonyl (C=O) groups is 2. The molecule has 0 bridgehead atoms. The quantitative estimate of drug-likeness (QED) is 0.434. The van der Waals surface area contributed by atoms with Crippen LogP contribution in [0.3, 0.4) is 0 Å². The van der Waals surface area contributed by atoms with E-state index in [1.165, 1.54) is 46.8 Å². The first-order chi connectivity index (χ1) is 15.0. The summed E-state index contributed by atoms with van der Waals surface area (Å²) in [6, 6.07) is 8.15. The second-order valence-electron chi connectivity index (χ2n) is 6.00. The maximum Gasteiger partial charge on any atom is 0.259 e. The zero-order valence-electron chi connectivity index (χ0n) is 18.0. The average Bonchev–Trinajstić information content (AvgIpc) is 2.81. The van der Waals surface area contributed by atoms with E-state index in [9.17, 15) is 9.59 Å². The van der Waals surface area contributed by atoms with Crippen LogP contribution in [0.15, 0.2) is 35.4 Å². The maximum absolute atomic E-state index is 12.4. The molecule has 0 saturated carbocycles. The van der Waals surface area contributed by atoms with Crippen LogP contribution in [0, 0.1) is 0 Å². The van der Waals surface area contributed by atoms with Gasteiger partial charge in [0.25, 0.3) is 11.8 Å². The zero-order chi connectivity index (χ0) is 22.8. The SMILES string of the molecule is COc1ccc(OC)c(/C=N\NC(=O)CNC(=O)c2cc(OC)c(OC)c(OC)c2)c1. The number of rotatable bonds is 10. The van der Waals surface area contributed by atoms with Crippen LogP contribution in [0.4, 0.5) is 0 Å². The Labute approximate surface area is 180 Å². The van der Waals surface area contributed by atoms with Crippen LogP contribution in [0.1, 0.15) is 15.9 Å². The number of amides is 2. The van der Waals surface area contributed by atoms with Crippen molar-refractivity contribution in [2.24, 2.45) is 5.10 Å². The van der Waals surface area contributed by atoms with Gasteiger partial charge in [-0.3, -0.25) is 9.59 Å². The molecule has 0 aliphatic carbocycles. The highest BCUT2D eigenvalue weighted by atomic mass is 16.5. The number of nitrogens with one attached hydrogen (secondary N) is 2. The van der Waals surface area contributed by atoms with Gasteiger partial charge in [-0.15, -0.1) is 0 Å². The van der Waals surface area contributed by atoms with Crippen molar-refractivity contribution in [1.29, 1.82) is 0 Å². The van der Waals surface area contributed by atoms with E-state index in [1.807, 2.05) is 0 Å². The van der Waals surface area contributed by atoms with Gasteiger partial charge >= 0.3 is 0 Å². The summed E-state index contributed by atoms with van der Waals surface area (Å²) in [5.41, 5.74) is 3.20. The molecule has 166 valence electrons. The van der Waals surface area contributed by atoms with E-state index >= 15 is 0 Å². The molecule has 0 atom stereocenters. The molecule has 0 unspecified atom stereocenters. The number of ether oxygens (including phenoxy) is 5. The van der Waals surface area contributed by atoms with Crippen molar-refractivity contribution in [2.75, 3.05) is 42.1 Å². The molecule has 0 aromatic heterocycles. The Morgan fingerprint density at radius 1 is 0.871 bits per heavy atom. The van der Waals surface area contributed by atoms with Gasteiger partial charge < -0.3 is 29.0 Å². The van der Waals surface area contributed by atoms with E-state index in [2.05, 4.69) is 15.8 Å². The van der Waals surface area contributed by atoms with Gasteiger partial charge in [-0.05, 0) is 30.3 Å². The van der Waals surface area contributed by atoms with Gasteiger partial charge in [0.05, 0.1) is 48.3 Å². The Bertz CT molecular complexity index is 935. The lowest BCUT2D eigenvalue weighted by Gasteiger charge is -2.14. The lowest BCUT2D eigenvalue weighted by molar-refractivity contribution is -0.120. The Balaban J connectivity index is 1.99. The van der Waals surface area contributed by atoms with Crippen LogP contribution in [0.25, 0.3) is 0 Å². The van der Waals surface area contributed by atoms with Crippen molar-refractivity contribution in [3.8, 4) is 28.7 Å². The topological polar surface area (TPSA) is 117 Å². The summed E-state index contributed by atoms with van der Waals surface area (Å²) in [6.45, 7) is -0.290. The summed E-state index contributed by atoms with van der Waals surface area (Å²) in [7, 11) is 7.42. The molecule has 31 heavy (non-hydrogen) atoms. The van der Waals surface area contributed by atoms with Gasteiger partial charge in [0.2, 0.25) is 5.75 Å². The molecule has 2 rings (SSSR count). The summed E-state index contributed by atoms with van der Waals surface area (Å²) in [5, 5.41) is 6.39. The van der Waals surface area contributed by atoms with Gasteiger partial charge in [-0.2, -0.15) is 5.10 Å². The third-order valence-electron chi connectivity index (χ3n) is 4.17. The molecule has 2 N–H and O–H groups in total. The van der Waals surface area contributed by atoms with Gasteiger partial charge in [0.15, 0.2) is 11.5 Å². The maximum atomic E-state index is 12.4. The summed E-state index contributed by atoms with van der Waals surface area (Å²) in [6.07, 6.45) is 1.42. The molecule has 0 aliphatic heterocycles. The molecule has 2 aromatic rings. The molecule has 0 spiro atoms. The Kier molecular flexibility index (Phi) is 8.50. The molecule has 2 amide bonds. The second kappa shape index (κ2) is 11.3. The van der Waals surface area contributed by atoms with Gasteiger partial charge in [0, 0.05) is 11.1 Å². The smallest absolute Gasteiger partial charge is 0.259 e. The lowest BCUT2D eigenvalue weighted by Crippen LogP contribution is -2.35. The summed E-state index contributed by atoms with van der Waals surface area (Å²) in [4.78, 5) is 24.5. The first kappa shape index (κ1) is 23.3. The summed E-state index contributed by atoms with van der Waals surface area (Å²) >= 11 is 0. The second-order valence-corrected chi connectivity index (χ2v) is 6.00. The van der Waals surface area contributed by atoms with Crippen molar-refractivity contribution >= 4 is 18.0 Å². The molecule has 10 nitrogen and oxygen atoms in total. The number of methoxy groups -OCH3 is 5. The van der Waals surface area contributed by atoms with Crippen molar-refractivity contribution in [2.45, 2.75) is 0 Å². The molecule has 10 heteroatoms. The van der Waals surface area contributed by atoms with E-state index in [0.29, 0.717) is 34.3 Å². The highest BCUT2D eigenvalue weighted by Crippen LogP contribution is 2.38. The number of benzene rings is 2. The fraction of sp³-hybridized carbons (Fsp3) is 0.286. The van der Waals surface area contributed by atoms with Crippen LogP contribution in [-0.2, 0) is 4.79 Å². The molecule has 0 fully saturated rings. The first-order valence-corrected chi connectivity index (χ1v) is 9.09. The van der Waals surface area contributed by atoms with Crippen LogP contribution >= 0.6 is 0 Å². The van der Waals surface area contributed by atoms with Crippen LogP contribution < -0.4 is 34.4 Å². The highest BCUT2D eigenvalue weighted by Gasteiger charge is 2.17. The molecular formula is C21H25N3O7. The zero-order valence-corrected chi connectivity index (χ0v) is 18.0. The largest absolute Gasteiger partial charge is 0.497 e. The van der Waals surface area contributed by atoms with Crippen molar-refractivity contribution < 1.29 is 33.3 Å². The third kappa shape index (κ3) is 6.01. The predicted molar refractivity (Wildman–Crippen MR) is 114 cm³/mol. The van der Waals surface area contributed by atoms with E-state index < -0.39 is 11.8 Å². The Morgan fingerprint density at radius 3 is 2.06 bits per heavy atom. The van der Waals surface area contributed by atoms with E-state index in [1.54, 1.807) is 25.3 Å². The van der Waals surface area contributed by atoms with E-state index in [-0.39, 0.29) is 12.1 Å². The van der Waals surface area contributed by atoms with E-state index in [0.717, 1.165) is 0 Å². The van der Waals surface area contributed by atoms with Crippen LogP contribution in [0.2, 0.25) is 0 Å². The van der Waals surface area contributed by atoms with Crippen molar-refractivity contribution in [3.63, 3.8) is 0 Å². The summed E-state index contributed by atoms with van der Waals surface area (Å²) in [5.74, 6) is 1.19. The molecule has 2 aromatic carbocycles. The predicted octanol–water partition coefficient (Wildman–Crippen LogP) is 1.61. The minimum atomic E-state index is -0.515. The third-order valence-corrected chi connectivity index (χ3v) is 4.17. The normalized spacial score (nSPS) is 10.4. The van der Waals surface area contributed by atoms with Crippen LogP contribution in [-0.4, -0.2) is 60.1 Å². The number of carbonyl (C=O) groups excluding carboxylic acids is 2. The Hall–Kier alpha value is -3.95. The standard InChI is InChI=1S/C21H25N3O7/c1-27-15-6-7-16(28-2)14(8-15)11-23-24-19(25)12-22-21(26)13-9-17(29-3)20(31-5)18(10-13)30-4/h6-11H,12H2,1-5H3,(H,22,26)(H,24,25)/b23-11-. The molecular weight excluding hydrogens is 406 g/mol. The molecule has 0 saturated heterocycles. The minimum Gasteiger partial charge on any atom is -0.497 e. The van der Waals surface area contributed by atoms with Crippen molar-refractivity contribution in [1.82, 2.24) is 10.7 Å². The molecule has 0 heterocycles. The van der Waals surface area contributed by atoms with Gasteiger partial charge in [-0.1, -0.05) is 0 Å². The van der Waals surface area contributed by atoms with E-state index in [4.69, 9.17) is 23.7 Å². The van der Waals surface area contributed by atoms with Gasteiger partial charge in [0.1, 0.15) is 11.5 Å².